The SMILES string of the molecule is CCCCCCCCCCCCC1=Cc2c(cc3c4sc5c6c(c(CCCCCCCC)c(CCCCCCCC)c(c(=O)n23)c46)c(=O)n2c3cc(CCCCCCCCCCCC)sc3cc52)C1. The van der Waals surface area contributed by atoms with E-state index in [1.807, 2.05) is 22.7 Å². The molecule has 0 amide bonds. The minimum atomic E-state index is 0.146. The van der Waals surface area contributed by atoms with E-state index in [0.29, 0.717) is 0 Å². The number of thiophene rings is 2. The van der Waals surface area contributed by atoms with Crippen LogP contribution in [0.3, 0.4) is 0 Å². The fourth-order valence-electron chi connectivity index (χ4n) is 12.4. The van der Waals surface area contributed by atoms with Gasteiger partial charge < -0.3 is 0 Å². The standard InChI is InChI=1S/C63H90N2O2S2/c1-5-9-13-17-21-23-25-27-29-33-37-46-41-47-43-53-60-58-56(62(66)64(53)51(47)42-46)49(39-35-31-19-15-11-7-3)50(40-36-32-20-16-12-8-4)57-59(58)61(69-60)54-45-55-52(65(54)63(57)67)44-48(68-55)38-34-30-28-26-24-22-18-14-10-6-2/h42-45H,5-41H2,1-4H3. The molecule has 0 saturated heterocycles. The molecular weight excluding hydrogens is 881 g/mol. The molecule has 1 aliphatic rings. The van der Waals surface area contributed by atoms with Gasteiger partial charge in [0, 0.05) is 15.6 Å². The van der Waals surface area contributed by atoms with Crippen molar-refractivity contribution in [3.05, 3.63) is 71.7 Å². The Hall–Kier alpha value is -3.22. The lowest BCUT2D eigenvalue weighted by atomic mass is 9.87. The van der Waals surface area contributed by atoms with Crippen LogP contribution in [0.15, 0.2) is 33.4 Å². The minimum absolute atomic E-state index is 0.146. The monoisotopic (exact) mass is 971 g/mol. The van der Waals surface area contributed by atoms with Gasteiger partial charge in [0.25, 0.3) is 11.1 Å². The molecule has 1 aliphatic carbocycles. The Morgan fingerprint density at radius 1 is 0.406 bits per heavy atom. The third-order valence-corrected chi connectivity index (χ3v) is 18.7. The summed E-state index contributed by atoms with van der Waals surface area (Å²) in [5.74, 6) is 0. The Balaban J connectivity index is 1.15. The summed E-state index contributed by atoms with van der Waals surface area (Å²) >= 11 is 3.76. The molecule has 4 nitrogen and oxygen atoms in total. The summed E-state index contributed by atoms with van der Waals surface area (Å²) < 4.78 is 7.89. The van der Waals surface area contributed by atoms with Crippen molar-refractivity contribution in [2.24, 2.45) is 0 Å². The average molecular weight is 972 g/mol. The van der Waals surface area contributed by atoms with Gasteiger partial charge in [0.2, 0.25) is 0 Å². The number of benzene rings is 1. The number of hydrogen-bond donors (Lipinski definition) is 0. The van der Waals surface area contributed by atoms with Gasteiger partial charge in [-0.3, -0.25) is 18.4 Å². The third-order valence-electron chi connectivity index (χ3n) is 16.3. The second kappa shape index (κ2) is 26.5. The van der Waals surface area contributed by atoms with Crippen LogP contribution in [0.1, 0.15) is 267 Å². The van der Waals surface area contributed by atoms with E-state index < -0.39 is 0 Å². The van der Waals surface area contributed by atoms with Gasteiger partial charge >= 0.3 is 0 Å². The molecule has 0 atom stereocenters. The molecule has 376 valence electrons. The number of hydrogen-bond acceptors (Lipinski definition) is 4. The van der Waals surface area contributed by atoms with Crippen LogP contribution < -0.4 is 11.1 Å². The summed E-state index contributed by atoms with van der Waals surface area (Å²) in [5, 5.41) is 4.03. The molecule has 7 aromatic rings. The first-order valence-corrected chi connectivity index (χ1v) is 31.0. The van der Waals surface area contributed by atoms with Gasteiger partial charge in [-0.2, -0.15) is 0 Å². The van der Waals surface area contributed by atoms with E-state index in [2.05, 4.69) is 60.8 Å². The topological polar surface area (TPSA) is 43.0 Å². The molecule has 69 heavy (non-hydrogen) atoms. The predicted molar refractivity (Wildman–Crippen MR) is 307 cm³/mol. The van der Waals surface area contributed by atoms with Crippen LogP contribution in [-0.2, 0) is 25.7 Å². The highest BCUT2D eigenvalue weighted by Gasteiger charge is 2.30. The zero-order valence-corrected chi connectivity index (χ0v) is 45.6. The number of fused-ring (bicyclic) bond motifs is 8. The Bertz CT molecular complexity index is 2830. The molecule has 0 spiro atoms. The molecule has 0 radical (unpaired) electrons. The third kappa shape index (κ3) is 12.2. The van der Waals surface area contributed by atoms with Crippen molar-refractivity contribution in [1.82, 2.24) is 8.80 Å². The minimum Gasteiger partial charge on any atom is -0.275 e. The maximum Gasteiger partial charge on any atom is 0.263 e. The van der Waals surface area contributed by atoms with E-state index in [4.69, 9.17) is 0 Å². The van der Waals surface area contributed by atoms with Gasteiger partial charge in [0.15, 0.2) is 0 Å². The molecule has 6 heteroatoms. The molecule has 0 bridgehead atoms. The lowest BCUT2D eigenvalue weighted by Crippen LogP contribution is -2.20. The highest BCUT2D eigenvalue weighted by atomic mass is 32.1. The molecule has 0 fully saturated rings. The van der Waals surface area contributed by atoms with Crippen LogP contribution in [-0.4, -0.2) is 8.80 Å². The van der Waals surface area contributed by atoms with Gasteiger partial charge in [-0.25, -0.2) is 0 Å². The molecule has 0 unspecified atom stereocenters. The highest BCUT2D eigenvalue weighted by molar-refractivity contribution is 7.27. The molecule has 0 N–H and O–H groups in total. The van der Waals surface area contributed by atoms with E-state index in [1.54, 1.807) is 0 Å². The summed E-state index contributed by atoms with van der Waals surface area (Å²) in [6, 6.07) is 7.06. The molecule has 8 rings (SSSR count). The first kappa shape index (κ1) is 52.1. The summed E-state index contributed by atoms with van der Waals surface area (Å²) in [5.41, 5.74) is 9.82. The molecule has 6 aromatic heterocycles. The summed E-state index contributed by atoms with van der Waals surface area (Å²) in [6.45, 7) is 9.17. The lowest BCUT2D eigenvalue weighted by molar-refractivity contribution is 0.555. The zero-order chi connectivity index (χ0) is 48.0. The summed E-state index contributed by atoms with van der Waals surface area (Å²) in [7, 11) is 0. The van der Waals surface area contributed by atoms with Crippen molar-refractivity contribution in [3.8, 4) is 0 Å². The fraction of sp³-hybridized carbons (Fsp3) is 0.651. The second-order valence-corrected chi connectivity index (χ2v) is 24.0. The second-order valence-electron chi connectivity index (χ2n) is 21.8. The van der Waals surface area contributed by atoms with E-state index in [-0.39, 0.29) is 11.1 Å². The molecule has 6 heterocycles. The maximum absolute atomic E-state index is 15.6. The van der Waals surface area contributed by atoms with Crippen molar-refractivity contribution in [1.29, 1.82) is 0 Å². The Morgan fingerprint density at radius 3 is 1.29 bits per heavy atom. The largest absolute Gasteiger partial charge is 0.275 e. The summed E-state index contributed by atoms with van der Waals surface area (Å²) in [6.07, 6.45) is 48.8. The van der Waals surface area contributed by atoms with E-state index in [0.717, 1.165) is 88.7 Å². The van der Waals surface area contributed by atoms with Gasteiger partial charge in [-0.15, -0.1) is 22.7 Å². The molecule has 1 aromatic carbocycles. The number of aryl methyl sites for hydroxylation is 3. The fourth-order valence-corrected chi connectivity index (χ4v) is 14.8. The van der Waals surface area contributed by atoms with Crippen molar-refractivity contribution in [3.63, 3.8) is 0 Å². The van der Waals surface area contributed by atoms with Gasteiger partial charge in [-0.05, 0) is 98.8 Å². The Morgan fingerprint density at radius 2 is 0.812 bits per heavy atom. The number of pyridine rings is 2. The van der Waals surface area contributed by atoms with Crippen LogP contribution in [0.2, 0.25) is 0 Å². The molecular formula is C63H90N2O2S2. The van der Waals surface area contributed by atoms with Crippen molar-refractivity contribution >= 4 is 80.9 Å². The van der Waals surface area contributed by atoms with Crippen molar-refractivity contribution in [2.75, 3.05) is 0 Å². The van der Waals surface area contributed by atoms with Gasteiger partial charge in [-0.1, -0.05) is 213 Å². The molecule has 0 saturated carbocycles. The van der Waals surface area contributed by atoms with Crippen LogP contribution >= 0.6 is 22.7 Å². The van der Waals surface area contributed by atoms with Crippen LogP contribution in [0.5, 0.6) is 0 Å². The predicted octanol–water partition coefficient (Wildman–Crippen LogP) is 20.0. The Kier molecular flexibility index (Phi) is 20.0. The first-order valence-electron chi connectivity index (χ1n) is 29.3. The number of rotatable bonds is 36. The van der Waals surface area contributed by atoms with Crippen LogP contribution in [0, 0.1) is 0 Å². The van der Waals surface area contributed by atoms with E-state index in [9.17, 15) is 0 Å². The number of unbranched alkanes of at least 4 members (excludes halogenated alkanes) is 28. The van der Waals surface area contributed by atoms with Crippen molar-refractivity contribution < 1.29 is 0 Å². The zero-order valence-electron chi connectivity index (χ0n) is 44.0. The Labute approximate surface area is 424 Å². The van der Waals surface area contributed by atoms with Gasteiger partial charge in [0.05, 0.1) is 47.1 Å². The van der Waals surface area contributed by atoms with Crippen molar-refractivity contribution in [2.45, 2.75) is 265 Å². The quantitative estimate of drug-likeness (QED) is 0.0290. The smallest absolute Gasteiger partial charge is 0.263 e. The number of allylic oxidation sites excluding steroid dienone is 1. The average Bonchev–Trinajstić information content (AvgIpc) is 4.17. The first-order chi connectivity index (χ1) is 34.0. The van der Waals surface area contributed by atoms with E-state index in [1.165, 1.54) is 234 Å². The lowest BCUT2D eigenvalue weighted by Gasteiger charge is -2.18. The van der Waals surface area contributed by atoms with Crippen LogP contribution in [0.25, 0.3) is 58.3 Å². The molecule has 0 aliphatic heterocycles. The summed E-state index contributed by atoms with van der Waals surface area (Å²) in [4.78, 5) is 32.6. The van der Waals surface area contributed by atoms with Gasteiger partial charge in [0.1, 0.15) is 0 Å². The van der Waals surface area contributed by atoms with E-state index >= 15 is 9.59 Å². The van der Waals surface area contributed by atoms with Crippen LogP contribution in [0.4, 0.5) is 0 Å². The number of aromatic nitrogens is 2. The highest BCUT2D eigenvalue weighted by Crippen LogP contribution is 2.48. The maximum atomic E-state index is 15.6. The number of nitrogens with zero attached hydrogens (tertiary/aromatic N) is 2. The normalized spacial score (nSPS) is 13.1.